The Hall–Kier alpha value is -4.05. The molecule has 0 aromatic heterocycles. The number of hydrogen-bond donors (Lipinski definition) is 2. The molecular formula is C35H32BrCl2N5O4. The zero-order chi connectivity index (χ0) is 33.2. The number of rotatable bonds is 14. The number of halogens is 3. The van der Waals surface area contributed by atoms with E-state index in [0.29, 0.717) is 46.7 Å². The number of aliphatic hydroxyl groups is 1. The Kier molecular flexibility index (Phi) is 11.8. The SMILES string of the molecule is [N-]=[N+]=NCc1ccccc1C[C@@]1(C(=O)NCCc2ccc(Cl)cc2Cl)N=C(c2ccc(OCCCO)cc2)O[C@@H]1c1ccccc1Br. The Labute approximate surface area is 291 Å². The maximum Gasteiger partial charge on any atom is 0.252 e. The highest BCUT2D eigenvalue weighted by Gasteiger charge is 2.54. The second-order valence-corrected chi connectivity index (χ2v) is 12.6. The summed E-state index contributed by atoms with van der Waals surface area (Å²) in [6.07, 6.45) is 0.337. The van der Waals surface area contributed by atoms with Gasteiger partial charge in [-0.3, -0.25) is 4.79 Å². The van der Waals surface area contributed by atoms with Crippen molar-refractivity contribution in [3.05, 3.63) is 144 Å². The summed E-state index contributed by atoms with van der Waals surface area (Å²) in [6, 6.07) is 27.7. The third kappa shape index (κ3) is 8.27. The standard InChI is InChI=1S/C35H32BrCl2N5O4/c36-30-9-4-3-8-29(30)32-35(21-25-6-1-2-7-26(25)22-41-43-39,34(45)40-17-16-23-10-13-27(37)20-31(23)38)42-33(47-32)24-11-14-28(15-12-24)46-19-5-18-44/h1-4,6-15,20,32,44H,5,16-19,21-22H2,(H,40,45)/t32-,35-/m1/s1. The molecule has 5 rings (SSSR count). The second kappa shape index (κ2) is 16.2. The summed E-state index contributed by atoms with van der Waals surface area (Å²) in [5.74, 6) is 0.608. The molecule has 0 bridgehead atoms. The van der Waals surface area contributed by atoms with E-state index in [0.717, 1.165) is 26.7 Å². The highest BCUT2D eigenvalue weighted by molar-refractivity contribution is 9.10. The number of nitrogens with zero attached hydrogens (tertiary/aromatic N) is 4. The highest BCUT2D eigenvalue weighted by Crippen LogP contribution is 2.45. The largest absolute Gasteiger partial charge is 0.494 e. The maximum atomic E-state index is 14.6. The predicted molar refractivity (Wildman–Crippen MR) is 187 cm³/mol. The van der Waals surface area contributed by atoms with E-state index in [1.165, 1.54) is 0 Å². The fourth-order valence-electron chi connectivity index (χ4n) is 5.42. The number of benzene rings is 4. The molecule has 0 fully saturated rings. The normalized spacial score (nSPS) is 16.9. The first kappa shape index (κ1) is 34.3. The second-order valence-electron chi connectivity index (χ2n) is 10.9. The molecule has 4 aromatic rings. The average molecular weight is 737 g/mol. The van der Waals surface area contributed by atoms with Gasteiger partial charge in [0.2, 0.25) is 5.90 Å². The molecule has 47 heavy (non-hydrogen) atoms. The smallest absolute Gasteiger partial charge is 0.252 e. The zero-order valence-electron chi connectivity index (χ0n) is 25.3. The lowest BCUT2D eigenvalue weighted by Gasteiger charge is -2.32. The van der Waals surface area contributed by atoms with Gasteiger partial charge in [0.05, 0.1) is 13.2 Å². The van der Waals surface area contributed by atoms with E-state index in [4.69, 9.17) is 48.3 Å². The van der Waals surface area contributed by atoms with Crippen LogP contribution in [0.1, 0.15) is 40.3 Å². The van der Waals surface area contributed by atoms with Gasteiger partial charge in [-0.1, -0.05) is 92.8 Å². The van der Waals surface area contributed by atoms with Crippen molar-refractivity contribution in [3.63, 3.8) is 0 Å². The quantitative estimate of drug-likeness (QED) is 0.0586. The molecule has 0 spiro atoms. The first-order valence-electron chi connectivity index (χ1n) is 15.0. The predicted octanol–water partition coefficient (Wildman–Crippen LogP) is 8.19. The molecule has 0 saturated heterocycles. The molecular weight excluding hydrogens is 705 g/mol. The van der Waals surface area contributed by atoms with Crippen LogP contribution in [0.3, 0.4) is 0 Å². The molecule has 4 aromatic carbocycles. The molecule has 1 heterocycles. The number of azide groups is 1. The zero-order valence-corrected chi connectivity index (χ0v) is 28.4. The molecule has 1 aliphatic rings. The van der Waals surface area contributed by atoms with Crippen molar-refractivity contribution in [1.82, 2.24) is 5.32 Å². The summed E-state index contributed by atoms with van der Waals surface area (Å²) < 4.78 is 13.1. The van der Waals surface area contributed by atoms with E-state index < -0.39 is 11.6 Å². The van der Waals surface area contributed by atoms with Gasteiger partial charge >= 0.3 is 0 Å². The van der Waals surface area contributed by atoms with Gasteiger partial charge in [-0.2, -0.15) is 0 Å². The lowest BCUT2D eigenvalue weighted by molar-refractivity contribution is -0.128. The van der Waals surface area contributed by atoms with Crippen molar-refractivity contribution in [3.8, 4) is 5.75 Å². The summed E-state index contributed by atoms with van der Waals surface area (Å²) in [5, 5.41) is 17.0. The van der Waals surface area contributed by atoms with E-state index in [1.54, 1.807) is 24.3 Å². The molecule has 2 atom stereocenters. The average Bonchev–Trinajstić information content (AvgIpc) is 3.46. The number of amides is 1. The minimum atomic E-state index is -1.45. The highest BCUT2D eigenvalue weighted by atomic mass is 79.9. The van der Waals surface area contributed by atoms with Crippen LogP contribution >= 0.6 is 39.1 Å². The number of carbonyl (C=O) groups is 1. The summed E-state index contributed by atoms with van der Waals surface area (Å²) in [7, 11) is 0. The molecule has 1 aliphatic heterocycles. The molecule has 1 amide bonds. The van der Waals surface area contributed by atoms with Crippen LogP contribution in [0, 0.1) is 0 Å². The number of aliphatic hydroxyl groups excluding tert-OH is 1. The lowest BCUT2D eigenvalue weighted by atomic mass is 9.81. The molecule has 2 N–H and O–H groups in total. The Morgan fingerprint density at radius 1 is 1.04 bits per heavy atom. The topological polar surface area (TPSA) is 129 Å². The van der Waals surface area contributed by atoms with Gasteiger partial charge in [0.25, 0.3) is 5.91 Å². The molecule has 0 unspecified atom stereocenters. The van der Waals surface area contributed by atoms with Gasteiger partial charge in [-0.25, -0.2) is 4.99 Å². The van der Waals surface area contributed by atoms with Crippen LogP contribution in [0.15, 0.2) is 106 Å². The van der Waals surface area contributed by atoms with Crippen molar-refractivity contribution in [1.29, 1.82) is 0 Å². The van der Waals surface area contributed by atoms with Crippen molar-refractivity contribution >= 4 is 50.9 Å². The van der Waals surface area contributed by atoms with Crippen LogP contribution in [-0.2, 0) is 28.9 Å². The van der Waals surface area contributed by atoms with Crippen LogP contribution in [-0.4, -0.2) is 42.2 Å². The van der Waals surface area contributed by atoms with Crippen molar-refractivity contribution < 1.29 is 19.4 Å². The summed E-state index contributed by atoms with van der Waals surface area (Å²) >= 11 is 16.2. The third-order valence-electron chi connectivity index (χ3n) is 7.80. The first-order valence-corrected chi connectivity index (χ1v) is 16.5. The summed E-state index contributed by atoms with van der Waals surface area (Å²) in [4.78, 5) is 22.7. The minimum Gasteiger partial charge on any atom is -0.494 e. The van der Waals surface area contributed by atoms with E-state index in [1.807, 2.05) is 66.7 Å². The van der Waals surface area contributed by atoms with E-state index in [2.05, 4.69) is 31.3 Å². The monoisotopic (exact) mass is 735 g/mol. The molecule has 0 radical (unpaired) electrons. The third-order valence-corrected chi connectivity index (χ3v) is 9.10. The van der Waals surface area contributed by atoms with Crippen LogP contribution in [0.5, 0.6) is 5.75 Å². The Morgan fingerprint density at radius 3 is 2.51 bits per heavy atom. The van der Waals surface area contributed by atoms with Gasteiger partial charge < -0.3 is 19.9 Å². The summed E-state index contributed by atoms with van der Waals surface area (Å²) in [5.41, 5.74) is 11.4. The van der Waals surface area contributed by atoms with Crippen LogP contribution in [0.25, 0.3) is 10.4 Å². The number of carbonyl (C=O) groups excluding carboxylic acids is 1. The van der Waals surface area contributed by atoms with Gasteiger partial charge in [0.15, 0.2) is 11.6 Å². The summed E-state index contributed by atoms with van der Waals surface area (Å²) in [6.45, 7) is 0.837. The molecule has 0 saturated carbocycles. The fourth-order valence-corrected chi connectivity index (χ4v) is 6.41. The van der Waals surface area contributed by atoms with Crippen LogP contribution < -0.4 is 10.1 Å². The number of nitrogens with one attached hydrogen (secondary N) is 1. The Balaban J connectivity index is 1.57. The molecule has 0 aliphatic carbocycles. The number of aliphatic imine (C=N–C) groups is 1. The van der Waals surface area contributed by atoms with Crippen molar-refractivity contribution in [2.75, 3.05) is 19.8 Å². The Morgan fingerprint density at radius 2 is 1.79 bits per heavy atom. The number of hydrogen-bond acceptors (Lipinski definition) is 6. The molecule has 9 nitrogen and oxygen atoms in total. The minimum absolute atomic E-state index is 0.0437. The van der Waals surface area contributed by atoms with E-state index >= 15 is 0 Å². The molecule has 242 valence electrons. The first-order chi connectivity index (χ1) is 22.8. The van der Waals surface area contributed by atoms with Gasteiger partial charge in [-0.05, 0) is 71.1 Å². The number of ether oxygens (including phenoxy) is 2. The maximum absolute atomic E-state index is 14.6. The van der Waals surface area contributed by atoms with Gasteiger partial charge in [0.1, 0.15) is 5.75 Å². The van der Waals surface area contributed by atoms with Crippen LogP contribution in [0.2, 0.25) is 10.0 Å². The van der Waals surface area contributed by atoms with Gasteiger partial charge in [-0.15, -0.1) is 0 Å². The van der Waals surface area contributed by atoms with E-state index in [-0.39, 0.29) is 32.0 Å². The lowest BCUT2D eigenvalue weighted by Crippen LogP contribution is -2.50. The van der Waals surface area contributed by atoms with Crippen molar-refractivity contribution in [2.24, 2.45) is 10.1 Å². The van der Waals surface area contributed by atoms with Crippen molar-refractivity contribution in [2.45, 2.75) is 37.5 Å². The van der Waals surface area contributed by atoms with E-state index in [9.17, 15) is 4.79 Å². The van der Waals surface area contributed by atoms with Gasteiger partial charge in [0, 0.05) is 56.5 Å². The molecule has 12 heteroatoms. The fraction of sp³-hybridized carbons (Fsp3) is 0.257. The van der Waals surface area contributed by atoms with Crippen LogP contribution in [0.4, 0.5) is 0 Å². The Bertz CT molecular complexity index is 1800.